The van der Waals surface area contributed by atoms with Crippen LogP contribution >= 0.6 is 0 Å². The van der Waals surface area contributed by atoms with Crippen molar-refractivity contribution in [3.05, 3.63) is 35.4 Å². The molecule has 19 heavy (non-hydrogen) atoms. The molecule has 2 rings (SSSR count). The van der Waals surface area contributed by atoms with E-state index in [1.807, 2.05) is 0 Å². The van der Waals surface area contributed by atoms with Gasteiger partial charge in [-0.15, -0.1) is 0 Å². The van der Waals surface area contributed by atoms with Gasteiger partial charge in [0.2, 0.25) is 0 Å². The molecule has 1 aromatic carbocycles. The Morgan fingerprint density at radius 3 is 2.53 bits per heavy atom. The molecule has 1 saturated heterocycles. The highest BCUT2D eigenvalue weighted by Gasteiger charge is 2.18. The molecule has 0 amide bonds. The van der Waals surface area contributed by atoms with Crippen molar-refractivity contribution in [1.29, 1.82) is 0 Å². The maximum atomic E-state index is 5.57. The Kier molecular flexibility index (Phi) is 5.41. The van der Waals surface area contributed by atoms with E-state index in [1.54, 1.807) is 0 Å². The topological polar surface area (TPSA) is 21.3 Å². The maximum absolute atomic E-state index is 5.57. The Balaban J connectivity index is 1.79. The van der Waals surface area contributed by atoms with E-state index in [1.165, 1.54) is 17.5 Å². The van der Waals surface area contributed by atoms with Crippen molar-refractivity contribution >= 4 is 0 Å². The molecule has 1 aromatic rings. The summed E-state index contributed by atoms with van der Waals surface area (Å²) >= 11 is 0. The zero-order chi connectivity index (χ0) is 13.7. The highest BCUT2D eigenvalue weighted by Crippen LogP contribution is 2.14. The average Bonchev–Trinajstić information content (AvgIpc) is 2.37. The first kappa shape index (κ1) is 14.5. The lowest BCUT2D eigenvalue weighted by Gasteiger charge is -2.28. The van der Waals surface area contributed by atoms with Gasteiger partial charge in [-0.25, -0.2) is 0 Å². The molecule has 2 nitrogen and oxygen atoms in total. The van der Waals surface area contributed by atoms with Crippen LogP contribution in [0, 0.1) is 5.92 Å². The predicted octanol–water partition coefficient (Wildman–Crippen LogP) is 3.54. The fourth-order valence-electron chi connectivity index (χ4n) is 2.71. The van der Waals surface area contributed by atoms with E-state index in [0.717, 1.165) is 31.9 Å². The fraction of sp³-hybridized carbons (Fsp3) is 0.647. The molecule has 0 aliphatic carbocycles. The Morgan fingerprint density at radius 2 is 1.89 bits per heavy atom. The van der Waals surface area contributed by atoms with Crippen LogP contribution < -0.4 is 5.32 Å². The number of hydrogen-bond acceptors (Lipinski definition) is 2. The van der Waals surface area contributed by atoms with Crippen LogP contribution in [-0.2, 0) is 17.7 Å². The van der Waals surface area contributed by atoms with Gasteiger partial charge in [0.15, 0.2) is 0 Å². The smallest absolute Gasteiger partial charge is 0.0561 e. The van der Waals surface area contributed by atoms with E-state index in [4.69, 9.17) is 4.74 Å². The van der Waals surface area contributed by atoms with Gasteiger partial charge in [-0.1, -0.05) is 38.1 Å². The minimum absolute atomic E-state index is 0.402. The molecule has 0 saturated carbocycles. The molecule has 0 radical (unpaired) electrons. The molecule has 0 aromatic heterocycles. The van der Waals surface area contributed by atoms with E-state index >= 15 is 0 Å². The molecule has 0 bridgehead atoms. The monoisotopic (exact) mass is 261 g/mol. The molecule has 2 atom stereocenters. The lowest BCUT2D eigenvalue weighted by atomic mass is 10.0. The molecule has 106 valence electrons. The van der Waals surface area contributed by atoms with Crippen LogP contribution in [0.5, 0.6) is 0 Å². The summed E-state index contributed by atoms with van der Waals surface area (Å²) in [6, 6.07) is 9.66. The van der Waals surface area contributed by atoms with Gasteiger partial charge in [-0.3, -0.25) is 0 Å². The van der Waals surface area contributed by atoms with Crippen LogP contribution in [-0.4, -0.2) is 18.8 Å². The van der Waals surface area contributed by atoms with Crippen LogP contribution in [0.3, 0.4) is 0 Å². The molecule has 1 heterocycles. The lowest BCUT2D eigenvalue weighted by molar-refractivity contribution is 0.0130. The number of rotatable bonds is 5. The summed E-state index contributed by atoms with van der Waals surface area (Å²) in [5, 5.41) is 3.65. The van der Waals surface area contributed by atoms with Gasteiger partial charge in [0, 0.05) is 19.2 Å². The van der Waals surface area contributed by atoms with Crippen molar-refractivity contribution in [2.75, 3.05) is 6.61 Å². The summed E-state index contributed by atoms with van der Waals surface area (Å²) in [4.78, 5) is 0. The SMILES string of the molecule is CC(C)Cc1ccc(CNC2CCOC(C)C2)cc1. The van der Waals surface area contributed by atoms with Crippen molar-refractivity contribution in [3.63, 3.8) is 0 Å². The van der Waals surface area contributed by atoms with Crippen LogP contribution in [0.1, 0.15) is 44.7 Å². The lowest BCUT2D eigenvalue weighted by Crippen LogP contribution is -2.37. The third-order valence-electron chi connectivity index (χ3n) is 3.75. The van der Waals surface area contributed by atoms with Crippen LogP contribution in [0.2, 0.25) is 0 Å². The Morgan fingerprint density at radius 1 is 1.21 bits per heavy atom. The van der Waals surface area contributed by atoms with Crippen LogP contribution in [0.25, 0.3) is 0 Å². The zero-order valence-corrected chi connectivity index (χ0v) is 12.5. The van der Waals surface area contributed by atoms with Crippen molar-refractivity contribution in [3.8, 4) is 0 Å². The molecular formula is C17H27NO. The second-order valence-electron chi connectivity index (χ2n) is 6.20. The van der Waals surface area contributed by atoms with Crippen molar-refractivity contribution in [1.82, 2.24) is 5.32 Å². The van der Waals surface area contributed by atoms with Gasteiger partial charge in [-0.05, 0) is 43.2 Å². The summed E-state index contributed by atoms with van der Waals surface area (Å²) < 4.78 is 5.57. The average molecular weight is 261 g/mol. The van der Waals surface area contributed by atoms with Crippen LogP contribution in [0.4, 0.5) is 0 Å². The Hall–Kier alpha value is -0.860. The fourth-order valence-corrected chi connectivity index (χ4v) is 2.71. The molecule has 2 unspecified atom stereocenters. The molecule has 0 spiro atoms. The van der Waals surface area contributed by atoms with Gasteiger partial charge < -0.3 is 10.1 Å². The number of benzene rings is 1. The van der Waals surface area contributed by atoms with Gasteiger partial charge in [-0.2, -0.15) is 0 Å². The molecule has 2 heteroatoms. The van der Waals surface area contributed by atoms with Gasteiger partial charge in [0.25, 0.3) is 0 Å². The Labute approximate surface area is 117 Å². The van der Waals surface area contributed by atoms with Gasteiger partial charge in [0.05, 0.1) is 6.10 Å². The van der Waals surface area contributed by atoms with E-state index in [-0.39, 0.29) is 0 Å². The largest absolute Gasteiger partial charge is 0.378 e. The first-order chi connectivity index (χ1) is 9.13. The second kappa shape index (κ2) is 7.06. The van der Waals surface area contributed by atoms with E-state index in [2.05, 4.69) is 50.4 Å². The second-order valence-corrected chi connectivity index (χ2v) is 6.20. The number of nitrogens with one attached hydrogen (secondary N) is 1. The number of hydrogen-bond donors (Lipinski definition) is 1. The van der Waals surface area contributed by atoms with Crippen LogP contribution in [0.15, 0.2) is 24.3 Å². The number of ether oxygens (including phenoxy) is 1. The summed E-state index contributed by atoms with van der Waals surface area (Å²) in [7, 11) is 0. The minimum Gasteiger partial charge on any atom is -0.378 e. The summed E-state index contributed by atoms with van der Waals surface area (Å²) in [5.74, 6) is 0.729. The van der Waals surface area contributed by atoms with Crippen molar-refractivity contribution in [2.24, 2.45) is 5.92 Å². The highest BCUT2D eigenvalue weighted by molar-refractivity contribution is 5.22. The van der Waals surface area contributed by atoms with Crippen molar-refractivity contribution in [2.45, 2.75) is 58.7 Å². The van der Waals surface area contributed by atoms with Crippen molar-refractivity contribution < 1.29 is 4.74 Å². The van der Waals surface area contributed by atoms with E-state index in [9.17, 15) is 0 Å². The van der Waals surface area contributed by atoms with Gasteiger partial charge >= 0.3 is 0 Å². The third-order valence-corrected chi connectivity index (χ3v) is 3.75. The van der Waals surface area contributed by atoms with Gasteiger partial charge in [0.1, 0.15) is 0 Å². The minimum atomic E-state index is 0.402. The molecule has 1 aliphatic heterocycles. The highest BCUT2D eigenvalue weighted by atomic mass is 16.5. The summed E-state index contributed by atoms with van der Waals surface area (Å²) in [6.45, 7) is 8.56. The summed E-state index contributed by atoms with van der Waals surface area (Å²) in [6.07, 6.45) is 3.84. The first-order valence-corrected chi connectivity index (χ1v) is 7.56. The van der Waals surface area contributed by atoms with E-state index < -0.39 is 0 Å². The standard InChI is InChI=1S/C17H27NO/c1-13(2)10-15-4-6-16(7-5-15)12-18-17-8-9-19-14(3)11-17/h4-7,13-14,17-18H,8-12H2,1-3H3. The molecule has 1 fully saturated rings. The predicted molar refractivity (Wildman–Crippen MR) is 80.3 cm³/mol. The zero-order valence-electron chi connectivity index (χ0n) is 12.5. The Bertz CT molecular complexity index is 371. The molecule has 1 N–H and O–H groups in total. The quantitative estimate of drug-likeness (QED) is 0.875. The maximum Gasteiger partial charge on any atom is 0.0561 e. The molecular weight excluding hydrogens is 234 g/mol. The summed E-state index contributed by atoms with van der Waals surface area (Å²) in [5.41, 5.74) is 2.82. The third kappa shape index (κ3) is 4.96. The normalized spacial score (nSPS) is 23.8. The first-order valence-electron chi connectivity index (χ1n) is 7.56. The molecule has 1 aliphatic rings. The van der Waals surface area contributed by atoms with E-state index in [0.29, 0.717) is 12.1 Å².